The lowest BCUT2D eigenvalue weighted by Gasteiger charge is -2.13. The molecule has 0 aliphatic carbocycles. The van der Waals surface area contributed by atoms with Crippen LogP contribution in [0.3, 0.4) is 0 Å². The number of hydrogen-bond acceptors (Lipinski definition) is 2. The van der Waals surface area contributed by atoms with Crippen molar-refractivity contribution in [2.24, 2.45) is 0 Å². The molecule has 5 heteroatoms. The number of hydrogen-bond donors (Lipinski definition) is 1. The van der Waals surface area contributed by atoms with Crippen LogP contribution in [0.15, 0.2) is 60.7 Å². The van der Waals surface area contributed by atoms with Gasteiger partial charge in [0.25, 0.3) is 0 Å². The molecule has 0 fully saturated rings. The molecular weight excluding hydrogens is 360 g/mol. The van der Waals surface area contributed by atoms with Crippen LogP contribution in [-0.4, -0.2) is 16.3 Å². The average molecular weight is 379 g/mol. The first-order valence-corrected chi connectivity index (χ1v) is 9.29. The summed E-state index contributed by atoms with van der Waals surface area (Å²) in [6.45, 7) is 2.54. The summed E-state index contributed by atoms with van der Waals surface area (Å²) in [6.07, 6.45) is 0.677. The number of rotatable bonds is 4. The Morgan fingerprint density at radius 1 is 1.04 bits per heavy atom. The van der Waals surface area contributed by atoms with E-state index in [1.54, 1.807) is 6.07 Å². The van der Waals surface area contributed by atoms with Gasteiger partial charge in [-0.05, 0) is 43.2 Å². The van der Waals surface area contributed by atoms with Gasteiger partial charge in [0, 0.05) is 28.5 Å². The van der Waals surface area contributed by atoms with Crippen LogP contribution in [0.4, 0.5) is 5.69 Å². The van der Waals surface area contributed by atoms with Gasteiger partial charge in [-0.1, -0.05) is 48.0 Å². The Labute approximate surface area is 162 Å². The second-order valence-corrected chi connectivity index (χ2v) is 7.14. The molecule has 1 aliphatic rings. The molecule has 1 amide bonds. The summed E-state index contributed by atoms with van der Waals surface area (Å²) in [7, 11) is 0. The Balaban J connectivity index is 1.58. The van der Waals surface area contributed by atoms with Crippen molar-refractivity contribution < 1.29 is 9.59 Å². The zero-order valence-electron chi connectivity index (χ0n) is 14.9. The Morgan fingerprint density at radius 3 is 2.59 bits per heavy atom. The SMILES string of the molecule is Cc1c(Cl)cccc1NC(=O)[C@@H]1CCn2c(C(=O)c3ccccc3)ccc21. The highest BCUT2D eigenvalue weighted by Gasteiger charge is 2.32. The molecule has 2 heterocycles. The van der Waals surface area contributed by atoms with E-state index in [1.807, 2.05) is 66.1 Å². The zero-order chi connectivity index (χ0) is 19.0. The van der Waals surface area contributed by atoms with Gasteiger partial charge in [-0.3, -0.25) is 9.59 Å². The third kappa shape index (κ3) is 3.17. The van der Waals surface area contributed by atoms with Crippen molar-refractivity contribution in [1.82, 2.24) is 4.57 Å². The van der Waals surface area contributed by atoms with E-state index in [-0.39, 0.29) is 17.6 Å². The maximum Gasteiger partial charge on any atom is 0.233 e. The number of fused-ring (bicyclic) bond motifs is 1. The highest BCUT2D eigenvalue weighted by molar-refractivity contribution is 6.31. The number of benzene rings is 2. The van der Waals surface area contributed by atoms with Crippen molar-refractivity contribution in [3.63, 3.8) is 0 Å². The Bertz CT molecular complexity index is 1020. The third-order valence-corrected chi connectivity index (χ3v) is 5.53. The Kier molecular flexibility index (Phi) is 4.58. The molecule has 1 aliphatic heterocycles. The van der Waals surface area contributed by atoms with Crippen molar-refractivity contribution in [1.29, 1.82) is 0 Å². The minimum absolute atomic E-state index is 0.0198. The van der Waals surface area contributed by atoms with Crippen molar-refractivity contribution in [3.05, 3.63) is 88.2 Å². The van der Waals surface area contributed by atoms with Crippen molar-refractivity contribution >= 4 is 29.0 Å². The van der Waals surface area contributed by atoms with E-state index in [2.05, 4.69) is 5.32 Å². The fourth-order valence-corrected chi connectivity index (χ4v) is 3.78. The second kappa shape index (κ2) is 7.05. The van der Waals surface area contributed by atoms with Crippen LogP contribution in [0.25, 0.3) is 0 Å². The van der Waals surface area contributed by atoms with Crippen LogP contribution in [0.5, 0.6) is 0 Å². The second-order valence-electron chi connectivity index (χ2n) is 6.73. The van der Waals surface area contributed by atoms with Crippen LogP contribution >= 0.6 is 11.6 Å². The molecule has 136 valence electrons. The number of anilines is 1. The molecule has 1 N–H and O–H groups in total. The van der Waals surface area contributed by atoms with Gasteiger partial charge in [0.05, 0.1) is 11.6 Å². The van der Waals surface area contributed by atoms with Crippen molar-refractivity contribution in [2.75, 3.05) is 5.32 Å². The van der Waals surface area contributed by atoms with Gasteiger partial charge in [-0.25, -0.2) is 0 Å². The molecule has 0 bridgehead atoms. The molecule has 4 nitrogen and oxygen atoms in total. The van der Waals surface area contributed by atoms with E-state index >= 15 is 0 Å². The normalized spacial score (nSPS) is 15.4. The molecule has 0 saturated carbocycles. The van der Waals surface area contributed by atoms with E-state index < -0.39 is 0 Å². The quantitative estimate of drug-likeness (QED) is 0.662. The highest BCUT2D eigenvalue weighted by atomic mass is 35.5. The molecule has 0 spiro atoms. The molecule has 0 radical (unpaired) electrons. The maximum atomic E-state index is 12.8. The van der Waals surface area contributed by atoms with Gasteiger partial charge < -0.3 is 9.88 Å². The molecule has 27 heavy (non-hydrogen) atoms. The minimum Gasteiger partial charge on any atom is -0.341 e. The van der Waals surface area contributed by atoms with Crippen LogP contribution in [0.1, 0.15) is 39.6 Å². The smallest absolute Gasteiger partial charge is 0.233 e. The number of amides is 1. The van der Waals surface area contributed by atoms with Crippen molar-refractivity contribution in [2.45, 2.75) is 25.8 Å². The number of halogens is 1. The van der Waals surface area contributed by atoms with Crippen LogP contribution in [0.2, 0.25) is 5.02 Å². The third-order valence-electron chi connectivity index (χ3n) is 5.12. The fraction of sp³-hybridized carbons (Fsp3) is 0.182. The lowest BCUT2D eigenvalue weighted by Crippen LogP contribution is -2.20. The maximum absolute atomic E-state index is 12.8. The molecule has 0 saturated heterocycles. The fourth-order valence-electron chi connectivity index (χ4n) is 3.61. The number of aromatic nitrogens is 1. The molecule has 0 unspecified atom stereocenters. The van der Waals surface area contributed by atoms with Gasteiger partial charge in [-0.15, -0.1) is 0 Å². The summed E-state index contributed by atoms with van der Waals surface area (Å²) in [6, 6.07) is 18.4. The predicted molar refractivity (Wildman–Crippen MR) is 106 cm³/mol. The first-order chi connectivity index (χ1) is 13.1. The predicted octanol–water partition coefficient (Wildman–Crippen LogP) is 4.81. The van der Waals surface area contributed by atoms with Crippen LogP contribution in [-0.2, 0) is 11.3 Å². The number of carbonyl (C=O) groups excluding carboxylic acids is 2. The summed E-state index contributed by atoms with van der Waals surface area (Å²) < 4.78 is 1.96. The van der Waals surface area contributed by atoms with Crippen LogP contribution in [0, 0.1) is 6.92 Å². The number of nitrogens with one attached hydrogen (secondary N) is 1. The van der Waals surface area contributed by atoms with Gasteiger partial charge in [-0.2, -0.15) is 0 Å². The van der Waals surface area contributed by atoms with E-state index in [9.17, 15) is 9.59 Å². The van der Waals surface area contributed by atoms with E-state index in [0.717, 1.165) is 16.9 Å². The van der Waals surface area contributed by atoms with Crippen LogP contribution < -0.4 is 5.32 Å². The Morgan fingerprint density at radius 2 is 1.81 bits per heavy atom. The van der Waals surface area contributed by atoms with Crippen molar-refractivity contribution in [3.8, 4) is 0 Å². The van der Waals surface area contributed by atoms with E-state index in [4.69, 9.17) is 11.6 Å². The van der Waals surface area contributed by atoms with E-state index in [0.29, 0.717) is 29.2 Å². The van der Waals surface area contributed by atoms with Gasteiger partial charge in [0.1, 0.15) is 0 Å². The summed E-state index contributed by atoms with van der Waals surface area (Å²) in [5.74, 6) is -0.370. The van der Waals surface area contributed by atoms with Gasteiger partial charge in [0.2, 0.25) is 11.7 Å². The molecule has 4 rings (SSSR count). The lowest BCUT2D eigenvalue weighted by molar-refractivity contribution is -0.117. The number of ketones is 1. The number of nitrogens with zero attached hydrogens (tertiary/aromatic N) is 1. The lowest BCUT2D eigenvalue weighted by atomic mass is 10.0. The highest BCUT2D eigenvalue weighted by Crippen LogP contribution is 2.33. The average Bonchev–Trinajstić information content (AvgIpc) is 3.27. The monoisotopic (exact) mass is 378 g/mol. The molecular formula is C22H19ClN2O2. The molecule has 2 aromatic carbocycles. The van der Waals surface area contributed by atoms with E-state index in [1.165, 1.54) is 0 Å². The molecule has 1 atom stereocenters. The molecule has 1 aromatic heterocycles. The Hall–Kier alpha value is -2.85. The van der Waals surface area contributed by atoms with Gasteiger partial charge >= 0.3 is 0 Å². The first kappa shape index (κ1) is 17.6. The van der Waals surface area contributed by atoms with Gasteiger partial charge in [0.15, 0.2) is 0 Å². The number of carbonyl (C=O) groups is 2. The summed E-state index contributed by atoms with van der Waals surface area (Å²) in [5.41, 5.74) is 3.73. The topological polar surface area (TPSA) is 51.1 Å². The summed E-state index contributed by atoms with van der Waals surface area (Å²) in [5, 5.41) is 3.61. The summed E-state index contributed by atoms with van der Waals surface area (Å²) in [4.78, 5) is 25.6. The zero-order valence-corrected chi connectivity index (χ0v) is 15.7. The summed E-state index contributed by atoms with van der Waals surface area (Å²) >= 11 is 6.14. The first-order valence-electron chi connectivity index (χ1n) is 8.91. The minimum atomic E-state index is -0.277. The standard InChI is InChI=1S/C22H19ClN2O2/c1-14-17(23)8-5-9-18(14)24-22(27)16-12-13-25-19(16)10-11-20(25)21(26)15-6-3-2-4-7-15/h2-11,16H,12-13H2,1H3,(H,24,27)/t16-/m1/s1. The molecule has 3 aromatic rings. The largest absolute Gasteiger partial charge is 0.341 e.